The average molecular weight is 326 g/mol. The number of benzene rings is 2. The molecule has 0 aliphatic heterocycles. The smallest absolute Gasteiger partial charge is 0.406 e. The Balaban J connectivity index is 1.94. The van der Waals surface area contributed by atoms with E-state index >= 15 is 0 Å². The maximum Gasteiger partial charge on any atom is 0.573 e. The molecule has 0 saturated carbocycles. The number of carbonyl (C=O) groups excluding carboxylic acids is 1. The Kier molecular flexibility index (Phi) is 4.95. The van der Waals surface area contributed by atoms with Crippen LogP contribution in [0.1, 0.15) is 15.9 Å². The number of nitrogens with one attached hydrogen (secondary N) is 1. The van der Waals surface area contributed by atoms with E-state index in [0.29, 0.717) is 5.56 Å². The third kappa shape index (κ3) is 5.42. The summed E-state index contributed by atoms with van der Waals surface area (Å²) in [7, 11) is 0. The zero-order valence-electron chi connectivity index (χ0n) is 11.5. The van der Waals surface area contributed by atoms with Crippen LogP contribution in [0.15, 0.2) is 53.6 Å². The normalized spacial score (nSPS) is 11.5. The van der Waals surface area contributed by atoms with E-state index in [-0.39, 0.29) is 5.56 Å². The Morgan fingerprint density at radius 1 is 1.04 bits per heavy atom. The van der Waals surface area contributed by atoms with Crippen LogP contribution >= 0.6 is 0 Å². The second-order valence-electron chi connectivity index (χ2n) is 4.32. The number of hydrogen-bond donors (Lipinski definition) is 1. The van der Waals surface area contributed by atoms with Gasteiger partial charge in [0.1, 0.15) is 11.6 Å². The fraction of sp³-hybridized carbons (Fsp3) is 0.0667. The number of nitrogens with zero attached hydrogens (tertiary/aromatic N) is 1. The van der Waals surface area contributed by atoms with Crippen LogP contribution < -0.4 is 10.2 Å². The summed E-state index contributed by atoms with van der Waals surface area (Å²) in [5.41, 5.74) is 2.88. The SMILES string of the molecule is O=C(N/N=C/c1ccc(F)cc1)c1ccc(OC(F)(F)F)cc1. The zero-order chi connectivity index (χ0) is 16.9. The van der Waals surface area contributed by atoms with Gasteiger partial charge in [-0.3, -0.25) is 4.79 Å². The topological polar surface area (TPSA) is 50.7 Å². The number of rotatable bonds is 4. The molecule has 0 aromatic heterocycles. The highest BCUT2D eigenvalue weighted by Crippen LogP contribution is 2.22. The van der Waals surface area contributed by atoms with Gasteiger partial charge in [0.05, 0.1) is 6.21 Å². The van der Waals surface area contributed by atoms with Crippen molar-refractivity contribution < 1.29 is 27.1 Å². The lowest BCUT2D eigenvalue weighted by molar-refractivity contribution is -0.274. The Bertz CT molecular complexity index is 695. The quantitative estimate of drug-likeness (QED) is 0.531. The summed E-state index contributed by atoms with van der Waals surface area (Å²) in [6, 6.07) is 9.79. The van der Waals surface area contributed by atoms with Gasteiger partial charge in [-0.05, 0) is 42.0 Å². The van der Waals surface area contributed by atoms with E-state index in [4.69, 9.17) is 0 Å². The van der Waals surface area contributed by atoms with Crippen molar-refractivity contribution in [3.8, 4) is 5.75 Å². The lowest BCUT2D eigenvalue weighted by Gasteiger charge is -2.08. The third-order valence-electron chi connectivity index (χ3n) is 2.60. The van der Waals surface area contributed by atoms with Crippen molar-refractivity contribution in [3.05, 3.63) is 65.5 Å². The first kappa shape index (κ1) is 16.5. The minimum atomic E-state index is -4.79. The minimum Gasteiger partial charge on any atom is -0.406 e. The lowest BCUT2D eigenvalue weighted by atomic mass is 10.2. The molecule has 120 valence electrons. The van der Waals surface area contributed by atoms with Gasteiger partial charge in [0.2, 0.25) is 0 Å². The number of amides is 1. The summed E-state index contributed by atoms with van der Waals surface area (Å²) in [5.74, 6) is -1.43. The van der Waals surface area contributed by atoms with E-state index in [0.717, 1.165) is 12.1 Å². The van der Waals surface area contributed by atoms with Crippen LogP contribution in [0.5, 0.6) is 5.75 Å². The molecule has 0 bridgehead atoms. The molecule has 0 fully saturated rings. The second-order valence-corrected chi connectivity index (χ2v) is 4.32. The van der Waals surface area contributed by atoms with Crippen molar-refractivity contribution in [1.29, 1.82) is 0 Å². The molecule has 0 radical (unpaired) electrons. The predicted octanol–water partition coefficient (Wildman–Crippen LogP) is 3.49. The first-order chi connectivity index (χ1) is 10.8. The van der Waals surface area contributed by atoms with E-state index in [9.17, 15) is 22.4 Å². The fourth-order valence-corrected chi connectivity index (χ4v) is 1.59. The molecule has 0 saturated heterocycles. The van der Waals surface area contributed by atoms with Crippen molar-refractivity contribution in [2.75, 3.05) is 0 Å². The standard InChI is InChI=1S/C15H10F4N2O2/c16-12-5-1-10(2-6-12)9-20-21-14(22)11-3-7-13(8-4-11)23-15(17,18)19/h1-9H,(H,21,22)/b20-9+. The maximum atomic E-state index is 12.7. The fourth-order valence-electron chi connectivity index (χ4n) is 1.59. The molecule has 1 N–H and O–H groups in total. The van der Waals surface area contributed by atoms with E-state index in [1.807, 2.05) is 0 Å². The van der Waals surface area contributed by atoms with E-state index < -0.39 is 23.8 Å². The van der Waals surface area contributed by atoms with Crippen LogP contribution in [0, 0.1) is 5.82 Å². The molecular weight excluding hydrogens is 316 g/mol. The van der Waals surface area contributed by atoms with Crippen molar-refractivity contribution in [1.82, 2.24) is 5.43 Å². The molecule has 0 heterocycles. The molecule has 0 aliphatic rings. The molecule has 8 heteroatoms. The lowest BCUT2D eigenvalue weighted by Crippen LogP contribution is -2.19. The van der Waals surface area contributed by atoms with Crippen LogP contribution in [-0.2, 0) is 0 Å². The van der Waals surface area contributed by atoms with Crippen molar-refractivity contribution >= 4 is 12.1 Å². The molecule has 23 heavy (non-hydrogen) atoms. The van der Waals surface area contributed by atoms with Gasteiger partial charge in [0, 0.05) is 5.56 Å². The van der Waals surface area contributed by atoms with Crippen molar-refractivity contribution in [2.45, 2.75) is 6.36 Å². The number of carbonyl (C=O) groups is 1. The monoisotopic (exact) mass is 326 g/mol. The van der Waals surface area contributed by atoms with Gasteiger partial charge < -0.3 is 4.74 Å². The van der Waals surface area contributed by atoms with Crippen LogP contribution in [0.4, 0.5) is 17.6 Å². The van der Waals surface area contributed by atoms with Gasteiger partial charge >= 0.3 is 6.36 Å². The van der Waals surface area contributed by atoms with Crippen LogP contribution in [0.25, 0.3) is 0 Å². The molecule has 0 atom stereocenters. The highest BCUT2D eigenvalue weighted by Gasteiger charge is 2.31. The van der Waals surface area contributed by atoms with Crippen LogP contribution in [-0.4, -0.2) is 18.5 Å². The van der Waals surface area contributed by atoms with Crippen molar-refractivity contribution in [2.24, 2.45) is 5.10 Å². The van der Waals surface area contributed by atoms with Crippen LogP contribution in [0.3, 0.4) is 0 Å². The molecule has 4 nitrogen and oxygen atoms in total. The summed E-state index contributed by atoms with van der Waals surface area (Å²) in [5, 5.41) is 3.67. The van der Waals surface area contributed by atoms with Gasteiger partial charge in [0.25, 0.3) is 5.91 Å². The first-order valence-electron chi connectivity index (χ1n) is 6.28. The highest BCUT2D eigenvalue weighted by atomic mass is 19.4. The highest BCUT2D eigenvalue weighted by molar-refractivity contribution is 5.94. The Morgan fingerprint density at radius 2 is 1.65 bits per heavy atom. The van der Waals surface area contributed by atoms with Gasteiger partial charge in [-0.1, -0.05) is 12.1 Å². The van der Waals surface area contributed by atoms with Crippen molar-refractivity contribution in [3.63, 3.8) is 0 Å². The summed E-state index contributed by atoms with van der Waals surface area (Å²) < 4.78 is 52.4. The summed E-state index contributed by atoms with van der Waals surface area (Å²) in [6.45, 7) is 0. The molecular formula is C15H10F4N2O2. The Morgan fingerprint density at radius 3 is 2.22 bits per heavy atom. The molecule has 0 unspecified atom stereocenters. The number of hydrazone groups is 1. The Labute approximate surface area is 128 Å². The molecule has 0 aliphatic carbocycles. The van der Waals surface area contributed by atoms with Gasteiger partial charge in [-0.15, -0.1) is 13.2 Å². The first-order valence-corrected chi connectivity index (χ1v) is 6.28. The van der Waals surface area contributed by atoms with E-state index in [2.05, 4.69) is 15.3 Å². The molecule has 2 aromatic rings. The number of halogens is 4. The minimum absolute atomic E-state index is 0.107. The largest absolute Gasteiger partial charge is 0.573 e. The molecule has 1 amide bonds. The van der Waals surface area contributed by atoms with Gasteiger partial charge in [-0.2, -0.15) is 5.10 Å². The predicted molar refractivity (Wildman–Crippen MR) is 74.6 cm³/mol. The van der Waals surface area contributed by atoms with E-state index in [1.165, 1.54) is 42.6 Å². The van der Waals surface area contributed by atoms with Gasteiger partial charge in [0.15, 0.2) is 0 Å². The molecule has 2 aromatic carbocycles. The zero-order valence-corrected chi connectivity index (χ0v) is 11.5. The summed E-state index contributed by atoms with van der Waals surface area (Å²) in [6.07, 6.45) is -3.48. The maximum absolute atomic E-state index is 12.7. The molecule has 2 rings (SSSR count). The summed E-state index contributed by atoms with van der Waals surface area (Å²) in [4.78, 5) is 11.7. The van der Waals surface area contributed by atoms with Crippen LogP contribution in [0.2, 0.25) is 0 Å². The number of alkyl halides is 3. The number of ether oxygens (including phenoxy) is 1. The third-order valence-corrected chi connectivity index (χ3v) is 2.60. The van der Waals surface area contributed by atoms with Gasteiger partial charge in [-0.25, -0.2) is 9.82 Å². The average Bonchev–Trinajstić information content (AvgIpc) is 2.48. The Hall–Kier alpha value is -2.90. The second kappa shape index (κ2) is 6.91. The van der Waals surface area contributed by atoms with E-state index in [1.54, 1.807) is 0 Å². The summed E-state index contributed by atoms with van der Waals surface area (Å²) >= 11 is 0. The number of hydrogen-bond acceptors (Lipinski definition) is 3. The molecule has 0 spiro atoms.